The van der Waals surface area contributed by atoms with Gasteiger partial charge in [0.25, 0.3) is 0 Å². The molecule has 1 aromatic rings. The summed E-state index contributed by atoms with van der Waals surface area (Å²) in [6.07, 6.45) is 0. The number of rotatable bonds is 4. The van der Waals surface area contributed by atoms with Gasteiger partial charge in [0.05, 0.1) is 5.03 Å². The van der Waals surface area contributed by atoms with Gasteiger partial charge >= 0.3 is 0 Å². The Morgan fingerprint density at radius 1 is 1.43 bits per heavy atom. The number of thioether (sulfide) groups is 1. The fourth-order valence-corrected chi connectivity index (χ4v) is 2.29. The number of aromatic nitrogens is 2. The zero-order chi connectivity index (χ0) is 10.6. The van der Waals surface area contributed by atoms with E-state index in [-0.39, 0.29) is 0 Å². The lowest BCUT2D eigenvalue weighted by Crippen LogP contribution is -2.00. The van der Waals surface area contributed by atoms with Crippen molar-refractivity contribution in [3.05, 3.63) is 17.6 Å². The van der Waals surface area contributed by atoms with Gasteiger partial charge in [0, 0.05) is 17.3 Å². The molecule has 0 amide bonds. The van der Waals surface area contributed by atoms with Crippen LogP contribution in [0, 0.1) is 19.8 Å². The van der Waals surface area contributed by atoms with Gasteiger partial charge in [-0.05, 0) is 25.8 Å². The van der Waals surface area contributed by atoms with E-state index in [0.29, 0.717) is 11.8 Å². The van der Waals surface area contributed by atoms with Gasteiger partial charge in [-0.25, -0.2) is 9.97 Å². The van der Waals surface area contributed by atoms with E-state index in [0.717, 1.165) is 22.3 Å². The van der Waals surface area contributed by atoms with Crippen LogP contribution in [0.2, 0.25) is 0 Å². The van der Waals surface area contributed by atoms with E-state index in [2.05, 4.69) is 16.9 Å². The van der Waals surface area contributed by atoms with Crippen molar-refractivity contribution >= 4 is 23.4 Å². The Labute approximate surface area is 94.5 Å². The van der Waals surface area contributed by atoms with Crippen molar-refractivity contribution in [1.82, 2.24) is 9.97 Å². The van der Waals surface area contributed by atoms with Gasteiger partial charge in [-0.2, -0.15) is 0 Å². The molecule has 0 aliphatic carbocycles. The van der Waals surface area contributed by atoms with Gasteiger partial charge in [-0.15, -0.1) is 23.4 Å². The van der Waals surface area contributed by atoms with Crippen LogP contribution >= 0.6 is 23.4 Å². The molecule has 1 atom stereocenters. The third-order valence-electron chi connectivity index (χ3n) is 1.72. The molecule has 1 rings (SSSR count). The Balaban J connectivity index is 2.58. The summed E-state index contributed by atoms with van der Waals surface area (Å²) in [4.78, 5) is 8.58. The van der Waals surface area contributed by atoms with Crippen LogP contribution in [0.15, 0.2) is 11.1 Å². The number of alkyl halides is 1. The molecule has 2 nitrogen and oxygen atoms in total. The largest absolute Gasteiger partial charge is 0.238 e. The summed E-state index contributed by atoms with van der Waals surface area (Å²) < 4.78 is 0. The molecule has 0 aliphatic rings. The number of halogens is 1. The first-order valence-electron chi connectivity index (χ1n) is 4.63. The summed E-state index contributed by atoms with van der Waals surface area (Å²) >= 11 is 7.48. The van der Waals surface area contributed by atoms with Crippen molar-refractivity contribution in [2.24, 2.45) is 5.92 Å². The van der Waals surface area contributed by atoms with E-state index in [1.807, 2.05) is 19.9 Å². The highest BCUT2D eigenvalue weighted by molar-refractivity contribution is 7.99. The smallest absolute Gasteiger partial charge is 0.126 e. The summed E-state index contributed by atoms with van der Waals surface area (Å²) in [6, 6.07) is 2.01. The van der Waals surface area contributed by atoms with Gasteiger partial charge in [0.1, 0.15) is 5.82 Å². The molecule has 0 spiro atoms. The van der Waals surface area contributed by atoms with Crippen molar-refractivity contribution in [2.45, 2.75) is 25.8 Å². The molecule has 14 heavy (non-hydrogen) atoms. The highest BCUT2D eigenvalue weighted by atomic mass is 35.5. The Morgan fingerprint density at radius 3 is 2.71 bits per heavy atom. The monoisotopic (exact) mass is 230 g/mol. The molecule has 4 heteroatoms. The molecule has 1 heterocycles. The van der Waals surface area contributed by atoms with Gasteiger partial charge in [-0.3, -0.25) is 0 Å². The zero-order valence-electron chi connectivity index (χ0n) is 8.75. The van der Waals surface area contributed by atoms with Crippen LogP contribution in [0.3, 0.4) is 0 Å². The average Bonchev–Trinajstić information content (AvgIpc) is 2.12. The van der Waals surface area contributed by atoms with Crippen LogP contribution < -0.4 is 0 Å². The Hall–Kier alpha value is -0.280. The number of aryl methyl sites for hydroxylation is 2. The van der Waals surface area contributed by atoms with E-state index in [1.165, 1.54) is 0 Å². The van der Waals surface area contributed by atoms with E-state index in [1.54, 1.807) is 11.8 Å². The lowest BCUT2D eigenvalue weighted by Gasteiger charge is -2.06. The molecular formula is C10H15ClN2S. The van der Waals surface area contributed by atoms with Crippen LogP contribution in [0.4, 0.5) is 0 Å². The molecule has 0 radical (unpaired) electrons. The molecular weight excluding hydrogens is 216 g/mol. The molecule has 0 aromatic carbocycles. The maximum Gasteiger partial charge on any atom is 0.126 e. The van der Waals surface area contributed by atoms with Gasteiger partial charge in [0.15, 0.2) is 0 Å². The van der Waals surface area contributed by atoms with Crippen LogP contribution in [-0.4, -0.2) is 21.6 Å². The quantitative estimate of drug-likeness (QED) is 0.452. The fraction of sp³-hybridized carbons (Fsp3) is 0.600. The molecule has 78 valence electrons. The van der Waals surface area contributed by atoms with Crippen LogP contribution in [-0.2, 0) is 0 Å². The topological polar surface area (TPSA) is 25.8 Å². The Morgan fingerprint density at radius 2 is 2.14 bits per heavy atom. The molecule has 0 saturated carbocycles. The first kappa shape index (κ1) is 11.8. The summed E-state index contributed by atoms with van der Waals surface area (Å²) in [7, 11) is 0. The molecule has 0 saturated heterocycles. The molecule has 0 bridgehead atoms. The molecule has 0 N–H and O–H groups in total. The normalized spacial score (nSPS) is 12.9. The highest BCUT2D eigenvalue weighted by Crippen LogP contribution is 2.19. The zero-order valence-corrected chi connectivity index (χ0v) is 10.3. The standard InChI is InChI=1S/C10H15ClN2S/c1-7(5-11)6-14-10-4-8(2)12-9(3)13-10/h4,7H,5-6H2,1-3H3. The molecule has 1 unspecified atom stereocenters. The predicted octanol–water partition coefficient (Wildman–Crippen LogP) is 3.06. The maximum atomic E-state index is 5.73. The van der Waals surface area contributed by atoms with Crippen molar-refractivity contribution < 1.29 is 0 Å². The summed E-state index contributed by atoms with van der Waals surface area (Å²) in [5, 5.41) is 1.05. The summed E-state index contributed by atoms with van der Waals surface area (Å²) in [6.45, 7) is 6.05. The second-order valence-electron chi connectivity index (χ2n) is 3.47. The number of nitrogens with zero attached hydrogens (tertiary/aromatic N) is 2. The molecule has 0 aliphatic heterocycles. The first-order chi connectivity index (χ1) is 6.61. The minimum absolute atomic E-state index is 0.525. The maximum absolute atomic E-state index is 5.73. The van der Waals surface area contributed by atoms with Crippen molar-refractivity contribution in [1.29, 1.82) is 0 Å². The van der Waals surface area contributed by atoms with Crippen LogP contribution in [0.5, 0.6) is 0 Å². The van der Waals surface area contributed by atoms with E-state index in [4.69, 9.17) is 11.6 Å². The van der Waals surface area contributed by atoms with E-state index < -0.39 is 0 Å². The Kier molecular flexibility index (Phi) is 4.69. The predicted molar refractivity (Wildman–Crippen MR) is 62.1 cm³/mol. The minimum atomic E-state index is 0.525. The minimum Gasteiger partial charge on any atom is -0.238 e. The van der Waals surface area contributed by atoms with Crippen LogP contribution in [0.1, 0.15) is 18.4 Å². The molecule has 1 aromatic heterocycles. The second-order valence-corrected chi connectivity index (χ2v) is 4.81. The number of hydrogen-bond acceptors (Lipinski definition) is 3. The second kappa shape index (κ2) is 5.56. The number of hydrogen-bond donors (Lipinski definition) is 0. The van der Waals surface area contributed by atoms with Crippen molar-refractivity contribution in [3.8, 4) is 0 Å². The van der Waals surface area contributed by atoms with E-state index in [9.17, 15) is 0 Å². The third kappa shape index (κ3) is 3.84. The summed E-state index contributed by atoms with van der Waals surface area (Å²) in [5.41, 5.74) is 1.03. The van der Waals surface area contributed by atoms with Gasteiger partial charge in [0.2, 0.25) is 0 Å². The highest BCUT2D eigenvalue weighted by Gasteiger charge is 2.03. The first-order valence-corrected chi connectivity index (χ1v) is 6.15. The SMILES string of the molecule is Cc1cc(SCC(C)CCl)nc(C)n1. The third-order valence-corrected chi connectivity index (χ3v) is 3.49. The van der Waals surface area contributed by atoms with Crippen molar-refractivity contribution in [2.75, 3.05) is 11.6 Å². The van der Waals surface area contributed by atoms with Gasteiger partial charge in [-0.1, -0.05) is 6.92 Å². The Bertz CT molecular complexity index is 284. The lowest BCUT2D eigenvalue weighted by molar-refractivity contribution is 0.757. The summed E-state index contributed by atoms with van der Waals surface area (Å²) in [5.74, 6) is 3.08. The lowest BCUT2D eigenvalue weighted by atomic mass is 10.3. The average molecular weight is 231 g/mol. The van der Waals surface area contributed by atoms with Crippen LogP contribution in [0.25, 0.3) is 0 Å². The fourth-order valence-electron chi connectivity index (χ4n) is 1.03. The van der Waals surface area contributed by atoms with E-state index >= 15 is 0 Å². The van der Waals surface area contributed by atoms with Crippen molar-refractivity contribution in [3.63, 3.8) is 0 Å². The molecule has 0 fully saturated rings. The van der Waals surface area contributed by atoms with Gasteiger partial charge < -0.3 is 0 Å².